The van der Waals surface area contributed by atoms with Gasteiger partial charge < -0.3 is 10.6 Å². The van der Waals surface area contributed by atoms with E-state index in [0.29, 0.717) is 0 Å². The van der Waals surface area contributed by atoms with Gasteiger partial charge >= 0.3 is 0 Å². The zero-order chi connectivity index (χ0) is 11.0. The molecule has 14 heavy (non-hydrogen) atoms. The van der Waals surface area contributed by atoms with E-state index in [1.165, 1.54) is 0 Å². The lowest BCUT2D eigenvalue weighted by atomic mass is 9.92. The zero-order valence-corrected chi connectivity index (χ0v) is 9.76. The van der Waals surface area contributed by atoms with Crippen LogP contribution in [-0.4, -0.2) is 29.9 Å². The van der Waals surface area contributed by atoms with Crippen LogP contribution in [0.3, 0.4) is 0 Å². The number of carbonyl (C=O) groups excluding carboxylic acids is 1. The summed E-state index contributed by atoms with van der Waals surface area (Å²) in [5.41, 5.74) is 5.61. The average molecular weight is 198 g/mol. The molecule has 1 aliphatic rings. The highest BCUT2D eigenvalue weighted by molar-refractivity contribution is 5.88. The van der Waals surface area contributed by atoms with Gasteiger partial charge in [-0.25, -0.2) is 0 Å². The Labute approximate surface area is 86.6 Å². The molecule has 0 heterocycles. The van der Waals surface area contributed by atoms with Crippen molar-refractivity contribution < 1.29 is 4.79 Å². The van der Waals surface area contributed by atoms with Crippen LogP contribution >= 0.6 is 0 Å². The molecule has 0 radical (unpaired) electrons. The molecule has 0 aromatic carbocycles. The van der Waals surface area contributed by atoms with Crippen LogP contribution in [0.1, 0.15) is 40.0 Å². The number of carbonyl (C=O) groups is 1. The number of nitrogens with zero attached hydrogens (tertiary/aromatic N) is 1. The third-order valence-corrected chi connectivity index (χ3v) is 2.76. The van der Waals surface area contributed by atoms with Crippen LogP contribution in [0.15, 0.2) is 0 Å². The lowest BCUT2D eigenvalue weighted by Gasteiger charge is -2.25. The molecule has 0 bridgehead atoms. The summed E-state index contributed by atoms with van der Waals surface area (Å²) in [6.45, 7) is 7.35. The molecule has 1 amide bonds. The van der Waals surface area contributed by atoms with E-state index in [-0.39, 0.29) is 11.3 Å². The predicted molar refractivity (Wildman–Crippen MR) is 57.9 cm³/mol. The molecule has 0 unspecified atom stereocenters. The van der Waals surface area contributed by atoms with E-state index >= 15 is 0 Å². The molecule has 3 nitrogen and oxygen atoms in total. The quantitative estimate of drug-likeness (QED) is 0.744. The van der Waals surface area contributed by atoms with E-state index in [9.17, 15) is 4.79 Å². The SMILES string of the molecule is CN(CCC(C)(C)C)C(=O)C1(N)CC1. The molecule has 2 N–H and O–H groups in total. The molecular weight excluding hydrogens is 176 g/mol. The molecule has 1 rings (SSSR count). The first-order valence-corrected chi connectivity index (χ1v) is 5.29. The van der Waals surface area contributed by atoms with Gasteiger partial charge in [0.05, 0.1) is 5.54 Å². The highest BCUT2D eigenvalue weighted by atomic mass is 16.2. The van der Waals surface area contributed by atoms with E-state index in [1.54, 1.807) is 4.90 Å². The molecule has 1 fully saturated rings. The summed E-state index contributed by atoms with van der Waals surface area (Å²) in [5.74, 6) is 0.113. The Morgan fingerprint density at radius 3 is 2.29 bits per heavy atom. The molecule has 0 atom stereocenters. The van der Waals surface area contributed by atoms with Crippen LogP contribution in [0, 0.1) is 5.41 Å². The van der Waals surface area contributed by atoms with Crippen LogP contribution in [0.5, 0.6) is 0 Å². The zero-order valence-electron chi connectivity index (χ0n) is 9.76. The fraction of sp³-hybridized carbons (Fsp3) is 0.909. The number of hydrogen-bond donors (Lipinski definition) is 1. The molecule has 1 saturated carbocycles. The Morgan fingerprint density at radius 2 is 1.93 bits per heavy atom. The fourth-order valence-electron chi connectivity index (χ4n) is 1.33. The van der Waals surface area contributed by atoms with Gasteiger partial charge in [0.25, 0.3) is 0 Å². The van der Waals surface area contributed by atoms with Crippen LogP contribution in [0.4, 0.5) is 0 Å². The van der Waals surface area contributed by atoms with Crippen LogP contribution in [0.2, 0.25) is 0 Å². The van der Waals surface area contributed by atoms with E-state index in [1.807, 2.05) is 7.05 Å². The van der Waals surface area contributed by atoms with Crippen molar-refractivity contribution in [2.75, 3.05) is 13.6 Å². The summed E-state index contributed by atoms with van der Waals surface area (Å²) in [6.07, 6.45) is 2.72. The molecule has 0 aliphatic heterocycles. The highest BCUT2D eigenvalue weighted by Gasteiger charge is 2.47. The van der Waals surface area contributed by atoms with Crippen molar-refractivity contribution in [3.8, 4) is 0 Å². The summed E-state index contributed by atoms with van der Waals surface area (Å²) < 4.78 is 0. The Balaban J connectivity index is 2.35. The topological polar surface area (TPSA) is 46.3 Å². The van der Waals surface area contributed by atoms with Crippen molar-refractivity contribution in [3.63, 3.8) is 0 Å². The van der Waals surface area contributed by atoms with Gasteiger partial charge in [-0.1, -0.05) is 20.8 Å². The van der Waals surface area contributed by atoms with Crippen molar-refractivity contribution in [2.24, 2.45) is 11.1 Å². The van der Waals surface area contributed by atoms with E-state index < -0.39 is 5.54 Å². The largest absolute Gasteiger partial charge is 0.344 e. The first-order valence-electron chi connectivity index (χ1n) is 5.29. The molecule has 3 heteroatoms. The maximum Gasteiger partial charge on any atom is 0.242 e. The van der Waals surface area contributed by atoms with Crippen LogP contribution in [0.25, 0.3) is 0 Å². The van der Waals surface area contributed by atoms with E-state index in [2.05, 4.69) is 20.8 Å². The third kappa shape index (κ3) is 2.98. The van der Waals surface area contributed by atoms with Crippen molar-refractivity contribution in [2.45, 2.75) is 45.6 Å². The van der Waals surface area contributed by atoms with Crippen molar-refractivity contribution in [1.82, 2.24) is 4.90 Å². The summed E-state index contributed by atoms with van der Waals surface area (Å²) in [7, 11) is 1.85. The van der Waals surface area contributed by atoms with Gasteiger partial charge in [0.2, 0.25) is 5.91 Å². The van der Waals surface area contributed by atoms with Gasteiger partial charge in [0.1, 0.15) is 0 Å². The summed E-state index contributed by atoms with van der Waals surface area (Å²) in [5, 5.41) is 0. The first-order chi connectivity index (χ1) is 6.25. The van der Waals surface area contributed by atoms with Gasteiger partial charge in [-0.2, -0.15) is 0 Å². The second-order valence-corrected chi connectivity index (χ2v) is 5.69. The molecule has 0 spiro atoms. The standard InChI is InChI=1S/C11H22N2O/c1-10(2,3)7-8-13(4)9(14)11(12)5-6-11/h5-8,12H2,1-4H3. The van der Waals surface area contributed by atoms with E-state index in [0.717, 1.165) is 25.8 Å². The number of nitrogens with two attached hydrogens (primary N) is 1. The summed E-state index contributed by atoms with van der Waals surface area (Å²) in [4.78, 5) is 13.5. The molecule has 0 saturated heterocycles. The second kappa shape index (κ2) is 3.54. The normalized spacial score (nSPS) is 19.2. The van der Waals surface area contributed by atoms with Crippen molar-refractivity contribution >= 4 is 5.91 Å². The second-order valence-electron chi connectivity index (χ2n) is 5.69. The maximum absolute atomic E-state index is 11.7. The van der Waals surface area contributed by atoms with E-state index in [4.69, 9.17) is 5.73 Å². The smallest absolute Gasteiger partial charge is 0.242 e. The van der Waals surface area contributed by atoms with Gasteiger partial charge in [-0.15, -0.1) is 0 Å². The minimum absolute atomic E-state index is 0.113. The number of amides is 1. The van der Waals surface area contributed by atoms with Gasteiger partial charge in [0, 0.05) is 13.6 Å². The van der Waals surface area contributed by atoms with Crippen LogP contribution < -0.4 is 5.73 Å². The lowest BCUT2D eigenvalue weighted by molar-refractivity contribution is -0.132. The minimum atomic E-state index is -0.507. The Morgan fingerprint density at radius 1 is 1.43 bits per heavy atom. The molecular formula is C11H22N2O. The monoisotopic (exact) mass is 198 g/mol. The molecule has 82 valence electrons. The first kappa shape index (κ1) is 11.5. The lowest BCUT2D eigenvalue weighted by Crippen LogP contribution is -2.44. The van der Waals surface area contributed by atoms with Crippen molar-refractivity contribution in [1.29, 1.82) is 0 Å². The molecule has 0 aromatic heterocycles. The molecule has 0 aromatic rings. The minimum Gasteiger partial charge on any atom is -0.344 e. The van der Waals surface area contributed by atoms with Crippen LogP contribution in [-0.2, 0) is 4.79 Å². The fourth-order valence-corrected chi connectivity index (χ4v) is 1.33. The number of likely N-dealkylation sites (N-methyl/N-ethyl adjacent to an activating group) is 1. The average Bonchev–Trinajstić information content (AvgIpc) is 2.78. The maximum atomic E-state index is 11.7. The predicted octanol–water partition coefficient (Wildman–Crippen LogP) is 1.37. The van der Waals surface area contributed by atoms with Crippen molar-refractivity contribution in [3.05, 3.63) is 0 Å². The Hall–Kier alpha value is -0.570. The number of hydrogen-bond acceptors (Lipinski definition) is 2. The Bertz CT molecular complexity index is 226. The third-order valence-electron chi connectivity index (χ3n) is 2.76. The number of rotatable bonds is 3. The summed E-state index contributed by atoms with van der Waals surface area (Å²) in [6, 6.07) is 0. The van der Waals surface area contributed by atoms with Gasteiger partial charge in [-0.05, 0) is 24.7 Å². The van der Waals surface area contributed by atoms with Gasteiger partial charge in [0.15, 0.2) is 0 Å². The summed E-state index contributed by atoms with van der Waals surface area (Å²) >= 11 is 0. The Kier molecular flexibility index (Phi) is 2.91. The highest BCUT2D eigenvalue weighted by Crippen LogP contribution is 2.34. The van der Waals surface area contributed by atoms with Gasteiger partial charge in [-0.3, -0.25) is 4.79 Å². The molecule has 1 aliphatic carbocycles.